The van der Waals surface area contributed by atoms with Crippen LogP contribution in [0.1, 0.15) is 21.8 Å². The van der Waals surface area contributed by atoms with Gasteiger partial charge in [-0.1, -0.05) is 36.4 Å². The Labute approximate surface area is 184 Å². The van der Waals surface area contributed by atoms with Crippen LogP contribution in [-0.2, 0) is 11.3 Å². The van der Waals surface area contributed by atoms with Crippen molar-refractivity contribution < 1.29 is 18.7 Å². The molecule has 0 aliphatic rings. The third kappa shape index (κ3) is 5.42. The van der Waals surface area contributed by atoms with Crippen molar-refractivity contribution in [2.24, 2.45) is 0 Å². The van der Waals surface area contributed by atoms with Crippen molar-refractivity contribution in [1.82, 2.24) is 9.78 Å². The van der Waals surface area contributed by atoms with Crippen molar-refractivity contribution in [2.45, 2.75) is 13.5 Å². The quantitative estimate of drug-likeness (QED) is 0.439. The standard InChI is InChI=1S/C24H22N4O4/c1-17-13-22(28(27-17)15-18-7-3-2-4-8-18)26-23(29)16-32-20-10-5-9-19(14-20)25-24(30)21-11-6-12-31-21/h2-14H,15-16H2,1H3,(H,25,30)(H,26,29). The number of furan rings is 1. The summed E-state index contributed by atoms with van der Waals surface area (Å²) in [6, 6.07) is 21.7. The van der Waals surface area contributed by atoms with Crippen LogP contribution in [0.2, 0.25) is 0 Å². The summed E-state index contributed by atoms with van der Waals surface area (Å²) in [4.78, 5) is 24.6. The fraction of sp³-hybridized carbons (Fsp3) is 0.125. The molecule has 2 heterocycles. The molecule has 2 aromatic carbocycles. The minimum Gasteiger partial charge on any atom is -0.484 e. The van der Waals surface area contributed by atoms with Crippen molar-refractivity contribution >= 4 is 23.3 Å². The van der Waals surface area contributed by atoms with E-state index in [-0.39, 0.29) is 24.2 Å². The normalized spacial score (nSPS) is 10.5. The van der Waals surface area contributed by atoms with Gasteiger partial charge in [-0.3, -0.25) is 9.59 Å². The molecule has 0 saturated carbocycles. The summed E-state index contributed by atoms with van der Waals surface area (Å²) >= 11 is 0. The summed E-state index contributed by atoms with van der Waals surface area (Å²) < 4.78 is 12.4. The highest BCUT2D eigenvalue weighted by atomic mass is 16.5. The van der Waals surface area contributed by atoms with Gasteiger partial charge in [-0.2, -0.15) is 5.10 Å². The van der Waals surface area contributed by atoms with E-state index in [4.69, 9.17) is 9.15 Å². The van der Waals surface area contributed by atoms with Crippen LogP contribution in [0.15, 0.2) is 83.5 Å². The molecule has 0 aliphatic carbocycles. The van der Waals surface area contributed by atoms with Gasteiger partial charge in [-0.15, -0.1) is 0 Å². The highest BCUT2D eigenvalue weighted by Gasteiger charge is 2.12. The average molecular weight is 430 g/mol. The maximum Gasteiger partial charge on any atom is 0.291 e. The fourth-order valence-electron chi connectivity index (χ4n) is 3.11. The van der Waals surface area contributed by atoms with Gasteiger partial charge in [0.1, 0.15) is 11.6 Å². The Morgan fingerprint density at radius 1 is 1.00 bits per heavy atom. The molecular weight excluding hydrogens is 408 g/mol. The van der Waals surface area contributed by atoms with Gasteiger partial charge in [-0.25, -0.2) is 4.68 Å². The van der Waals surface area contributed by atoms with Gasteiger partial charge in [0.2, 0.25) is 0 Å². The number of ether oxygens (including phenoxy) is 1. The second kappa shape index (κ2) is 9.65. The van der Waals surface area contributed by atoms with Crippen molar-refractivity contribution in [2.75, 3.05) is 17.2 Å². The Morgan fingerprint density at radius 2 is 1.84 bits per heavy atom. The van der Waals surface area contributed by atoms with Gasteiger partial charge in [0, 0.05) is 17.8 Å². The monoisotopic (exact) mass is 430 g/mol. The van der Waals surface area contributed by atoms with Gasteiger partial charge >= 0.3 is 0 Å². The molecule has 162 valence electrons. The lowest BCUT2D eigenvalue weighted by atomic mass is 10.2. The topological polar surface area (TPSA) is 98.4 Å². The molecular formula is C24H22N4O4. The molecule has 8 nitrogen and oxygen atoms in total. The van der Waals surface area contributed by atoms with Crippen LogP contribution in [-0.4, -0.2) is 28.2 Å². The predicted molar refractivity (Wildman–Crippen MR) is 120 cm³/mol. The van der Waals surface area contributed by atoms with Crippen LogP contribution in [0.5, 0.6) is 5.75 Å². The van der Waals surface area contributed by atoms with Crippen LogP contribution in [0.3, 0.4) is 0 Å². The number of amides is 2. The largest absolute Gasteiger partial charge is 0.484 e. The molecule has 2 aromatic heterocycles. The van der Waals surface area contributed by atoms with E-state index < -0.39 is 0 Å². The van der Waals surface area contributed by atoms with Crippen LogP contribution in [0.25, 0.3) is 0 Å². The smallest absolute Gasteiger partial charge is 0.291 e. The third-order valence-corrected chi connectivity index (χ3v) is 4.55. The lowest BCUT2D eigenvalue weighted by molar-refractivity contribution is -0.118. The van der Waals surface area contributed by atoms with Crippen molar-refractivity contribution in [3.8, 4) is 5.75 Å². The first-order chi connectivity index (χ1) is 15.6. The number of benzene rings is 2. The first kappa shape index (κ1) is 20.9. The summed E-state index contributed by atoms with van der Waals surface area (Å²) in [5, 5.41) is 10.0. The van der Waals surface area contributed by atoms with Crippen molar-refractivity contribution in [1.29, 1.82) is 0 Å². The average Bonchev–Trinajstić information content (AvgIpc) is 3.44. The molecule has 0 bridgehead atoms. The molecule has 0 unspecified atom stereocenters. The molecule has 0 fully saturated rings. The number of carbonyl (C=O) groups excluding carboxylic acids is 2. The molecule has 2 N–H and O–H groups in total. The first-order valence-electron chi connectivity index (χ1n) is 10.0. The zero-order valence-electron chi connectivity index (χ0n) is 17.4. The zero-order valence-corrected chi connectivity index (χ0v) is 17.4. The van der Waals surface area contributed by atoms with E-state index in [0.29, 0.717) is 23.8 Å². The number of aryl methyl sites for hydroxylation is 1. The minimum atomic E-state index is -0.369. The lowest BCUT2D eigenvalue weighted by Gasteiger charge is -2.11. The first-order valence-corrected chi connectivity index (χ1v) is 10.0. The number of hydrogen-bond acceptors (Lipinski definition) is 5. The minimum absolute atomic E-state index is 0.189. The molecule has 32 heavy (non-hydrogen) atoms. The summed E-state index contributed by atoms with van der Waals surface area (Å²) in [5.74, 6) is 0.570. The molecule has 4 rings (SSSR count). The number of nitrogens with one attached hydrogen (secondary N) is 2. The Balaban J connectivity index is 1.34. The van der Waals surface area contributed by atoms with E-state index in [0.717, 1.165) is 11.3 Å². The number of carbonyl (C=O) groups is 2. The Bertz CT molecular complexity index is 1200. The SMILES string of the molecule is Cc1cc(NC(=O)COc2cccc(NC(=O)c3ccco3)c2)n(Cc2ccccc2)n1. The highest BCUT2D eigenvalue weighted by Crippen LogP contribution is 2.19. The van der Waals surface area contributed by atoms with Gasteiger partial charge < -0.3 is 19.8 Å². The van der Waals surface area contributed by atoms with E-state index in [9.17, 15) is 9.59 Å². The second-order valence-corrected chi connectivity index (χ2v) is 7.11. The molecule has 0 aliphatic heterocycles. The maximum atomic E-state index is 12.5. The number of nitrogens with zero attached hydrogens (tertiary/aromatic N) is 2. The van der Waals surface area contributed by atoms with Crippen LogP contribution >= 0.6 is 0 Å². The van der Waals surface area contributed by atoms with Crippen LogP contribution in [0, 0.1) is 6.92 Å². The Kier molecular flexibility index (Phi) is 6.31. The van der Waals surface area contributed by atoms with Crippen molar-refractivity contribution in [3.63, 3.8) is 0 Å². The molecule has 4 aromatic rings. The highest BCUT2D eigenvalue weighted by molar-refractivity contribution is 6.02. The van der Waals surface area contributed by atoms with Gasteiger partial charge in [0.15, 0.2) is 12.4 Å². The molecule has 0 saturated heterocycles. The summed E-state index contributed by atoms with van der Waals surface area (Å²) in [7, 11) is 0. The predicted octanol–water partition coefficient (Wildman–Crippen LogP) is 4.10. The van der Waals surface area contributed by atoms with E-state index in [1.54, 1.807) is 41.1 Å². The van der Waals surface area contributed by atoms with E-state index in [2.05, 4.69) is 15.7 Å². The lowest BCUT2D eigenvalue weighted by Crippen LogP contribution is -2.22. The van der Waals surface area contributed by atoms with Gasteiger partial charge in [0.25, 0.3) is 11.8 Å². The second-order valence-electron chi connectivity index (χ2n) is 7.11. The van der Waals surface area contributed by atoms with E-state index in [1.807, 2.05) is 43.3 Å². The zero-order chi connectivity index (χ0) is 22.3. The molecule has 0 spiro atoms. The van der Waals surface area contributed by atoms with Crippen molar-refractivity contribution in [3.05, 3.63) is 96.1 Å². The fourth-order valence-corrected chi connectivity index (χ4v) is 3.11. The Hall–Kier alpha value is -4.33. The number of anilines is 2. The maximum absolute atomic E-state index is 12.5. The summed E-state index contributed by atoms with van der Waals surface area (Å²) in [5.41, 5.74) is 2.41. The van der Waals surface area contributed by atoms with Crippen LogP contribution in [0.4, 0.5) is 11.5 Å². The molecule has 8 heteroatoms. The number of rotatable bonds is 8. The third-order valence-electron chi connectivity index (χ3n) is 4.55. The number of hydrogen-bond donors (Lipinski definition) is 2. The van der Waals surface area contributed by atoms with E-state index in [1.165, 1.54) is 6.26 Å². The molecule has 2 amide bonds. The van der Waals surface area contributed by atoms with Crippen LogP contribution < -0.4 is 15.4 Å². The molecule has 0 atom stereocenters. The number of aromatic nitrogens is 2. The molecule has 0 radical (unpaired) electrons. The van der Waals surface area contributed by atoms with Gasteiger partial charge in [0.05, 0.1) is 18.5 Å². The Morgan fingerprint density at radius 3 is 2.62 bits per heavy atom. The summed E-state index contributed by atoms with van der Waals surface area (Å²) in [6.45, 7) is 2.23. The summed E-state index contributed by atoms with van der Waals surface area (Å²) in [6.07, 6.45) is 1.43. The van der Waals surface area contributed by atoms with E-state index >= 15 is 0 Å². The van der Waals surface area contributed by atoms with Gasteiger partial charge in [-0.05, 0) is 36.8 Å².